The molecule has 2 N–H and O–H groups in total. The molecule has 0 bridgehead atoms. The summed E-state index contributed by atoms with van der Waals surface area (Å²) in [5.74, 6) is -1.26. The van der Waals surface area contributed by atoms with Crippen molar-refractivity contribution in [2.75, 3.05) is 0 Å². The summed E-state index contributed by atoms with van der Waals surface area (Å²) in [6, 6.07) is 10.4. The van der Waals surface area contributed by atoms with Crippen LogP contribution in [0, 0.1) is 0 Å². The number of carbonyl (C=O) groups excluding carboxylic acids is 1. The first-order chi connectivity index (χ1) is 10.5. The first-order valence-corrected chi connectivity index (χ1v) is 8.51. The number of aryl methyl sites for hydroxylation is 1. The van der Waals surface area contributed by atoms with Crippen molar-refractivity contribution in [3.63, 3.8) is 0 Å². The van der Waals surface area contributed by atoms with Crippen LogP contribution < -0.4 is 5.32 Å². The van der Waals surface area contributed by atoms with E-state index in [1.54, 1.807) is 11.3 Å². The van der Waals surface area contributed by atoms with Crippen molar-refractivity contribution in [1.82, 2.24) is 5.32 Å². The molecule has 0 saturated carbocycles. The number of carboxylic acid groups (broad SMARTS) is 1. The molecular formula is C16H16BrNO3S. The van der Waals surface area contributed by atoms with Crippen LogP contribution >= 0.6 is 27.3 Å². The Labute approximate surface area is 141 Å². The predicted octanol–water partition coefficient (Wildman–Crippen LogP) is 3.26. The average molecular weight is 382 g/mol. The van der Waals surface area contributed by atoms with Crippen LogP contribution in [0.4, 0.5) is 0 Å². The molecule has 2 aromatic rings. The van der Waals surface area contributed by atoms with E-state index in [1.807, 2.05) is 41.8 Å². The molecule has 1 atom stereocenters. The summed E-state index contributed by atoms with van der Waals surface area (Å²) >= 11 is 4.94. The van der Waals surface area contributed by atoms with Gasteiger partial charge in [0, 0.05) is 27.6 Å². The first-order valence-electron chi connectivity index (χ1n) is 6.83. The van der Waals surface area contributed by atoms with Crippen molar-refractivity contribution in [2.24, 2.45) is 0 Å². The van der Waals surface area contributed by atoms with Crippen LogP contribution in [0.5, 0.6) is 0 Å². The fourth-order valence-electron chi connectivity index (χ4n) is 2.04. The smallest absolute Gasteiger partial charge is 0.326 e. The fourth-order valence-corrected chi connectivity index (χ4v) is 3.49. The maximum absolute atomic E-state index is 11.9. The first kappa shape index (κ1) is 16.7. The minimum atomic E-state index is -1.02. The highest BCUT2D eigenvalue weighted by Gasteiger charge is 2.20. The summed E-state index contributed by atoms with van der Waals surface area (Å²) in [6.07, 6.45) is 1.18. The summed E-state index contributed by atoms with van der Waals surface area (Å²) in [7, 11) is 0. The molecule has 0 fully saturated rings. The maximum Gasteiger partial charge on any atom is 0.326 e. The highest BCUT2D eigenvalue weighted by Crippen LogP contribution is 2.20. The van der Waals surface area contributed by atoms with Crippen LogP contribution in [0.2, 0.25) is 0 Å². The Balaban J connectivity index is 1.87. The fraction of sp³-hybridized carbons (Fsp3) is 0.250. The van der Waals surface area contributed by atoms with E-state index in [2.05, 4.69) is 21.2 Å². The number of carbonyl (C=O) groups is 2. The second-order valence-corrected chi connectivity index (χ2v) is 6.79. The van der Waals surface area contributed by atoms with Gasteiger partial charge in [-0.1, -0.05) is 30.3 Å². The van der Waals surface area contributed by atoms with E-state index in [9.17, 15) is 14.7 Å². The van der Waals surface area contributed by atoms with Crippen molar-refractivity contribution in [3.8, 4) is 0 Å². The number of aliphatic carboxylic acids is 1. The quantitative estimate of drug-likeness (QED) is 0.773. The maximum atomic E-state index is 11.9. The molecule has 6 heteroatoms. The third kappa shape index (κ3) is 5.27. The Kier molecular flexibility index (Phi) is 6.15. The second-order valence-electron chi connectivity index (χ2n) is 4.88. The summed E-state index contributed by atoms with van der Waals surface area (Å²) < 4.78 is 1.00. The van der Waals surface area contributed by atoms with Crippen molar-refractivity contribution >= 4 is 39.1 Å². The molecule has 4 nitrogen and oxygen atoms in total. The van der Waals surface area contributed by atoms with Crippen LogP contribution in [0.1, 0.15) is 16.9 Å². The van der Waals surface area contributed by atoms with E-state index in [-0.39, 0.29) is 18.7 Å². The monoisotopic (exact) mass is 381 g/mol. The van der Waals surface area contributed by atoms with E-state index in [1.165, 1.54) is 0 Å². The number of nitrogens with one attached hydrogen (secondary N) is 1. The van der Waals surface area contributed by atoms with Crippen LogP contribution in [-0.4, -0.2) is 23.0 Å². The molecule has 1 aromatic heterocycles. The Morgan fingerprint density at radius 1 is 1.27 bits per heavy atom. The molecule has 1 amide bonds. The van der Waals surface area contributed by atoms with Gasteiger partial charge in [0.2, 0.25) is 5.91 Å². The van der Waals surface area contributed by atoms with Crippen LogP contribution in [0.3, 0.4) is 0 Å². The van der Waals surface area contributed by atoms with Crippen LogP contribution in [0.15, 0.2) is 46.3 Å². The topological polar surface area (TPSA) is 66.4 Å². The number of hydrogen-bond donors (Lipinski definition) is 2. The number of halogens is 1. The molecule has 2 rings (SSSR count). The van der Waals surface area contributed by atoms with Crippen molar-refractivity contribution < 1.29 is 14.7 Å². The van der Waals surface area contributed by atoms with Gasteiger partial charge in [-0.3, -0.25) is 4.79 Å². The normalized spacial score (nSPS) is 11.9. The summed E-state index contributed by atoms with van der Waals surface area (Å²) in [5.41, 5.74) is 0.886. The van der Waals surface area contributed by atoms with Gasteiger partial charge >= 0.3 is 5.97 Å². The summed E-state index contributed by atoms with van der Waals surface area (Å²) in [4.78, 5) is 24.3. The van der Waals surface area contributed by atoms with E-state index < -0.39 is 12.0 Å². The molecule has 0 aliphatic heterocycles. The highest BCUT2D eigenvalue weighted by atomic mass is 79.9. The molecule has 0 radical (unpaired) electrons. The number of hydrogen-bond acceptors (Lipinski definition) is 3. The average Bonchev–Trinajstić information content (AvgIpc) is 2.91. The van der Waals surface area contributed by atoms with Gasteiger partial charge in [-0.2, -0.15) is 0 Å². The SMILES string of the molecule is O=C(CCc1cc(Br)cs1)NC(Cc1ccccc1)C(=O)O. The number of rotatable bonds is 7. The third-order valence-corrected chi connectivity index (χ3v) is 4.89. The Morgan fingerprint density at radius 2 is 2.00 bits per heavy atom. The van der Waals surface area contributed by atoms with Crippen LogP contribution in [0.25, 0.3) is 0 Å². The van der Waals surface area contributed by atoms with E-state index >= 15 is 0 Å². The second kappa shape index (κ2) is 8.10. The molecule has 1 aromatic carbocycles. The standard InChI is InChI=1S/C16H16BrNO3S/c17-12-9-13(22-10-12)6-7-15(19)18-14(16(20)21)8-11-4-2-1-3-5-11/h1-5,9-10,14H,6-8H2,(H,18,19)(H,20,21). The molecule has 116 valence electrons. The zero-order valence-electron chi connectivity index (χ0n) is 11.8. The Morgan fingerprint density at radius 3 is 2.59 bits per heavy atom. The number of thiophene rings is 1. The van der Waals surface area contributed by atoms with Crippen molar-refractivity contribution in [2.45, 2.75) is 25.3 Å². The summed E-state index contributed by atoms with van der Waals surface area (Å²) in [6.45, 7) is 0. The zero-order chi connectivity index (χ0) is 15.9. The van der Waals surface area contributed by atoms with Gasteiger partial charge < -0.3 is 10.4 Å². The number of carboxylic acids is 1. The molecule has 0 aliphatic rings. The van der Waals surface area contributed by atoms with Gasteiger partial charge in [0.05, 0.1) is 0 Å². The van der Waals surface area contributed by atoms with Gasteiger partial charge in [-0.05, 0) is 34.0 Å². The van der Waals surface area contributed by atoms with Gasteiger partial charge in [-0.25, -0.2) is 4.79 Å². The summed E-state index contributed by atoms with van der Waals surface area (Å²) in [5, 5.41) is 13.8. The molecule has 22 heavy (non-hydrogen) atoms. The largest absolute Gasteiger partial charge is 0.480 e. The molecule has 0 saturated heterocycles. The lowest BCUT2D eigenvalue weighted by Crippen LogP contribution is -2.42. The lowest BCUT2D eigenvalue weighted by atomic mass is 10.1. The van der Waals surface area contributed by atoms with Crippen molar-refractivity contribution in [3.05, 3.63) is 56.7 Å². The molecule has 1 heterocycles. The van der Waals surface area contributed by atoms with E-state index in [4.69, 9.17) is 0 Å². The van der Waals surface area contributed by atoms with Crippen molar-refractivity contribution in [1.29, 1.82) is 0 Å². The van der Waals surface area contributed by atoms with Gasteiger partial charge in [-0.15, -0.1) is 11.3 Å². The zero-order valence-corrected chi connectivity index (χ0v) is 14.2. The molecule has 0 spiro atoms. The van der Waals surface area contributed by atoms with E-state index in [0.717, 1.165) is 14.9 Å². The lowest BCUT2D eigenvalue weighted by Gasteiger charge is -2.14. The molecule has 1 unspecified atom stereocenters. The predicted molar refractivity (Wildman–Crippen MR) is 90.1 cm³/mol. The minimum absolute atomic E-state index is 0.243. The lowest BCUT2D eigenvalue weighted by molar-refractivity contribution is -0.141. The Hall–Kier alpha value is -1.66. The Bertz CT molecular complexity index is 642. The molecular weight excluding hydrogens is 366 g/mol. The third-order valence-electron chi connectivity index (χ3n) is 3.14. The van der Waals surface area contributed by atoms with Gasteiger partial charge in [0.1, 0.15) is 6.04 Å². The van der Waals surface area contributed by atoms with Crippen LogP contribution in [-0.2, 0) is 22.4 Å². The minimum Gasteiger partial charge on any atom is -0.480 e. The highest BCUT2D eigenvalue weighted by molar-refractivity contribution is 9.10. The number of benzene rings is 1. The number of amides is 1. The molecule has 0 aliphatic carbocycles. The van der Waals surface area contributed by atoms with E-state index in [0.29, 0.717) is 6.42 Å². The van der Waals surface area contributed by atoms with Gasteiger partial charge in [0.25, 0.3) is 0 Å². The van der Waals surface area contributed by atoms with Gasteiger partial charge in [0.15, 0.2) is 0 Å².